The fraction of sp³-hybridized carbons (Fsp3) is 0.0606. The van der Waals surface area contributed by atoms with E-state index in [1.54, 1.807) is 0 Å². The van der Waals surface area contributed by atoms with Gasteiger partial charge in [0.1, 0.15) is 0 Å². The average Bonchev–Trinajstić information content (AvgIpc) is 3.81. The van der Waals surface area contributed by atoms with Gasteiger partial charge in [-0.2, -0.15) is 0 Å². The zero-order valence-electron chi connectivity index (χ0n) is 37.6. The van der Waals surface area contributed by atoms with Gasteiger partial charge in [0.15, 0.2) is 0 Å². The highest BCUT2D eigenvalue weighted by Crippen LogP contribution is 2.57. The summed E-state index contributed by atoms with van der Waals surface area (Å²) in [6.07, 6.45) is 0. The number of nitrogens with zero attached hydrogens (tertiary/aromatic N) is 1. The fourth-order valence-electron chi connectivity index (χ4n) is 11.9. The van der Waals surface area contributed by atoms with E-state index in [-0.39, 0.29) is 5.41 Å². The number of rotatable bonds is 7. The van der Waals surface area contributed by atoms with Gasteiger partial charge >= 0.3 is 0 Å². The Morgan fingerprint density at radius 1 is 0.284 bits per heavy atom. The number of anilines is 3. The summed E-state index contributed by atoms with van der Waals surface area (Å²) in [5.41, 5.74) is 20.6. The maximum Gasteiger partial charge on any atom is 0.0713 e. The predicted molar refractivity (Wildman–Crippen MR) is 282 cm³/mol. The van der Waals surface area contributed by atoms with Crippen molar-refractivity contribution in [3.8, 4) is 44.5 Å². The van der Waals surface area contributed by atoms with Gasteiger partial charge in [-0.15, -0.1) is 0 Å². The van der Waals surface area contributed by atoms with E-state index in [1.807, 2.05) is 0 Å². The first-order valence-electron chi connectivity index (χ1n) is 23.5. The van der Waals surface area contributed by atoms with E-state index in [9.17, 15) is 0 Å². The summed E-state index contributed by atoms with van der Waals surface area (Å²) in [6.45, 7) is 4.72. The Morgan fingerprint density at radius 2 is 0.806 bits per heavy atom. The van der Waals surface area contributed by atoms with Crippen molar-refractivity contribution in [2.45, 2.75) is 24.7 Å². The number of benzene rings is 11. The Morgan fingerprint density at radius 3 is 1.57 bits per heavy atom. The third-order valence-electron chi connectivity index (χ3n) is 14.9. The molecule has 0 atom stereocenters. The van der Waals surface area contributed by atoms with Crippen LogP contribution in [0.3, 0.4) is 0 Å². The van der Waals surface area contributed by atoms with Crippen LogP contribution in [0.2, 0.25) is 0 Å². The van der Waals surface area contributed by atoms with Crippen LogP contribution in [0.1, 0.15) is 47.2 Å². The molecule has 11 aromatic rings. The van der Waals surface area contributed by atoms with Gasteiger partial charge in [-0.3, -0.25) is 0 Å². The lowest BCUT2D eigenvalue weighted by Gasteiger charge is -2.34. The molecule has 0 saturated heterocycles. The van der Waals surface area contributed by atoms with Gasteiger partial charge in [-0.05, 0) is 142 Å². The second-order valence-electron chi connectivity index (χ2n) is 18.8. The predicted octanol–water partition coefficient (Wildman–Crippen LogP) is 17.5. The molecule has 2 aliphatic rings. The van der Waals surface area contributed by atoms with Gasteiger partial charge in [-0.1, -0.05) is 220 Å². The van der Waals surface area contributed by atoms with Gasteiger partial charge in [0.05, 0.1) is 5.41 Å². The van der Waals surface area contributed by atoms with Gasteiger partial charge < -0.3 is 4.90 Å². The summed E-state index contributed by atoms with van der Waals surface area (Å²) in [5, 5.41) is 4.90. The Kier molecular flexibility index (Phi) is 8.85. The van der Waals surface area contributed by atoms with E-state index in [2.05, 4.69) is 267 Å². The van der Waals surface area contributed by atoms with Crippen LogP contribution < -0.4 is 4.90 Å². The Hall–Kier alpha value is -8.26. The highest BCUT2D eigenvalue weighted by Gasteiger charge is 2.46. The molecule has 0 N–H and O–H groups in total. The zero-order valence-corrected chi connectivity index (χ0v) is 37.6. The summed E-state index contributed by atoms with van der Waals surface area (Å²) in [5.74, 6) is 0. The summed E-state index contributed by atoms with van der Waals surface area (Å²) >= 11 is 0. The molecule has 0 fully saturated rings. The van der Waals surface area contributed by atoms with E-state index >= 15 is 0 Å². The molecule has 0 spiro atoms. The van der Waals surface area contributed by atoms with Crippen LogP contribution in [0, 0.1) is 0 Å². The van der Waals surface area contributed by atoms with Crippen molar-refractivity contribution in [1.29, 1.82) is 0 Å². The second kappa shape index (κ2) is 15.2. The van der Waals surface area contributed by atoms with Crippen molar-refractivity contribution in [2.75, 3.05) is 4.90 Å². The first kappa shape index (κ1) is 39.1. The van der Waals surface area contributed by atoms with Gasteiger partial charge in [0.2, 0.25) is 0 Å². The third-order valence-corrected chi connectivity index (χ3v) is 14.9. The third kappa shape index (κ3) is 5.94. The number of fused-ring (bicyclic) bond motifs is 8. The standard InChI is InChI=1S/C66H47N/c1-65(2)61-33-15-13-31-57(61)60-42-51(36-38-62(60)65)67(50-27-17-22-46(39-50)54-32-18-21-44-19-9-11-28-53(44)54)52-40-45-20-10-12-29-55(45)59(43-52)47-35-37-58-56-30-14-16-34-63(56)66(64(58)41-47,48-23-5-3-6-24-48)49-25-7-4-8-26-49/h3-43H,1-2H3. The first-order chi connectivity index (χ1) is 33.0. The highest BCUT2D eigenvalue weighted by molar-refractivity contribution is 6.03. The second-order valence-corrected chi connectivity index (χ2v) is 18.8. The van der Waals surface area contributed by atoms with Crippen LogP contribution in [0.25, 0.3) is 66.1 Å². The van der Waals surface area contributed by atoms with Gasteiger partial charge in [-0.25, -0.2) is 0 Å². The molecule has 13 rings (SSSR count). The Bertz CT molecular complexity index is 3680. The number of hydrogen-bond acceptors (Lipinski definition) is 1. The molecule has 0 saturated carbocycles. The van der Waals surface area contributed by atoms with Crippen molar-refractivity contribution in [3.63, 3.8) is 0 Å². The molecular formula is C66H47N. The van der Waals surface area contributed by atoms with E-state index in [1.165, 1.54) is 99.4 Å². The Balaban J connectivity index is 1.06. The van der Waals surface area contributed by atoms with Crippen molar-refractivity contribution in [2.24, 2.45) is 0 Å². The van der Waals surface area contributed by atoms with Crippen LogP contribution in [0.4, 0.5) is 17.1 Å². The quantitative estimate of drug-likeness (QED) is 0.154. The molecule has 0 aliphatic heterocycles. The minimum Gasteiger partial charge on any atom is -0.310 e. The lowest BCUT2D eigenvalue weighted by molar-refractivity contribution is 0.660. The molecule has 0 amide bonds. The Labute approximate surface area is 392 Å². The molecule has 0 bridgehead atoms. The number of hydrogen-bond donors (Lipinski definition) is 0. The molecule has 1 heteroatoms. The molecule has 0 unspecified atom stereocenters. The normalized spacial score (nSPS) is 13.8. The van der Waals surface area contributed by atoms with E-state index < -0.39 is 5.41 Å². The average molecular weight is 854 g/mol. The van der Waals surface area contributed by atoms with E-state index in [0.717, 1.165) is 17.1 Å². The maximum atomic E-state index is 2.50. The lowest BCUT2D eigenvalue weighted by atomic mass is 9.67. The van der Waals surface area contributed by atoms with Crippen molar-refractivity contribution < 1.29 is 0 Å². The molecule has 0 radical (unpaired) electrons. The molecule has 11 aromatic carbocycles. The van der Waals surface area contributed by atoms with Gasteiger partial charge in [0, 0.05) is 22.5 Å². The van der Waals surface area contributed by atoms with Gasteiger partial charge in [0.25, 0.3) is 0 Å². The molecule has 1 nitrogen and oxygen atoms in total. The SMILES string of the molecule is CC1(C)c2ccccc2-c2cc(N(c3cccc(-c4cccc5ccccc45)c3)c3cc(-c4ccc5c(c4)C(c4ccccc4)(c4ccccc4)c4ccccc4-5)c4ccccc4c3)ccc21. The van der Waals surface area contributed by atoms with Crippen LogP contribution >= 0.6 is 0 Å². The molecular weight excluding hydrogens is 807 g/mol. The zero-order chi connectivity index (χ0) is 44.7. The summed E-state index contributed by atoms with van der Waals surface area (Å²) < 4.78 is 0. The van der Waals surface area contributed by atoms with Crippen LogP contribution in [0.5, 0.6) is 0 Å². The summed E-state index contributed by atoms with van der Waals surface area (Å²) in [4.78, 5) is 2.49. The molecule has 316 valence electrons. The largest absolute Gasteiger partial charge is 0.310 e. The van der Waals surface area contributed by atoms with Crippen LogP contribution in [-0.4, -0.2) is 0 Å². The fourth-order valence-corrected chi connectivity index (χ4v) is 11.9. The monoisotopic (exact) mass is 853 g/mol. The van der Waals surface area contributed by atoms with Crippen LogP contribution in [-0.2, 0) is 10.8 Å². The van der Waals surface area contributed by atoms with E-state index in [4.69, 9.17) is 0 Å². The van der Waals surface area contributed by atoms with E-state index in [0.29, 0.717) is 0 Å². The highest BCUT2D eigenvalue weighted by atomic mass is 15.1. The van der Waals surface area contributed by atoms with Crippen molar-refractivity contribution in [1.82, 2.24) is 0 Å². The van der Waals surface area contributed by atoms with Crippen molar-refractivity contribution in [3.05, 3.63) is 282 Å². The smallest absolute Gasteiger partial charge is 0.0713 e. The lowest BCUT2D eigenvalue weighted by Crippen LogP contribution is -2.28. The minimum absolute atomic E-state index is 0.0956. The molecule has 0 aromatic heterocycles. The van der Waals surface area contributed by atoms with Crippen molar-refractivity contribution >= 4 is 38.6 Å². The molecule has 0 heterocycles. The molecule has 2 aliphatic carbocycles. The summed E-state index contributed by atoms with van der Waals surface area (Å²) in [7, 11) is 0. The minimum atomic E-state index is -0.500. The first-order valence-corrected chi connectivity index (χ1v) is 23.5. The maximum absolute atomic E-state index is 2.50. The topological polar surface area (TPSA) is 3.24 Å². The van der Waals surface area contributed by atoms with Crippen LogP contribution in [0.15, 0.2) is 249 Å². The summed E-state index contributed by atoms with van der Waals surface area (Å²) in [6, 6.07) is 92.8. The molecule has 67 heavy (non-hydrogen) atoms.